The van der Waals surface area contributed by atoms with E-state index >= 15 is 0 Å². The van der Waals surface area contributed by atoms with Crippen molar-refractivity contribution in [3.05, 3.63) is 77.7 Å². The van der Waals surface area contributed by atoms with Crippen LogP contribution in [0, 0.1) is 0 Å². The Balaban J connectivity index is 0.00000417. The molecular formula is C34H33N4NaO7. The van der Waals surface area contributed by atoms with Gasteiger partial charge in [-0.25, -0.2) is 0 Å². The van der Waals surface area contributed by atoms with Crippen LogP contribution in [-0.4, -0.2) is 69.2 Å². The number of fused-ring (bicyclic) bond motifs is 1. The van der Waals surface area contributed by atoms with Gasteiger partial charge in [0.15, 0.2) is 5.78 Å². The summed E-state index contributed by atoms with van der Waals surface area (Å²) in [5.74, 6) is 0.0539. The minimum absolute atomic E-state index is 0. The molecule has 0 saturated carbocycles. The zero-order chi connectivity index (χ0) is 31.7. The number of carboxylic acids is 1. The number of likely N-dealkylation sites (tertiary alicyclic amines) is 1. The molecule has 0 radical (unpaired) electrons. The molecule has 0 bridgehead atoms. The third kappa shape index (κ3) is 6.53. The van der Waals surface area contributed by atoms with Gasteiger partial charge in [-0.1, -0.05) is 0 Å². The molecule has 4 heterocycles. The number of rotatable bonds is 8. The van der Waals surface area contributed by atoms with Gasteiger partial charge in [-0.05, 0) is 56.3 Å². The standard InChI is InChI=1S/C34H34N4O7.Na/c1-4-43-29-16-23(17-30(44-5-2)31(29)24-19-36-37(3)20-24)32(40)38-12-9-34(10-13-38)18-27(39)25-14-21(6-7-28(25)45-34)26-15-22(33(41)42)8-11-35-26;/h6-8,11,14-17,19-20H,4-5,9-10,12-13,18H2,1-3H3,(H,41,42);/q;+1/p-1. The van der Waals surface area contributed by atoms with E-state index in [4.69, 9.17) is 14.2 Å². The van der Waals surface area contributed by atoms with Crippen LogP contribution in [0.2, 0.25) is 0 Å². The van der Waals surface area contributed by atoms with Gasteiger partial charge in [0.25, 0.3) is 5.91 Å². The number of hydrogen-bond donors (Lipinski definition) is 0. The second kappa shape index (κ2) is 13.7. The molecule has 1 amide bonds. The topological polar surface area (TPSA) is 136 Å². The van der Waals surface area contributed by atoms with Gasteiger partial charge in [0.1, 0.15) is 22.8 Å². The molecule has 6 rings (SSSR count). The Morgan fingerprint density at radius 3 is 2.28 bits per heavy atom. The van der Waals surface area contributed by atoms with E-state index in [2.05, 4.69) is 10.1 Å². The van der Waals surface area contributed by atoms with Crippen LogP contribution in [0.1, 0.15) is 64.2 Å². The summed E-state index contributed by atoms with van der Waals surface area (Å²) in [5, 5.41) is 15.6. The van der Waals surface area contributed by atoms with Gasteiger partial charge in [-0.3, -0.25) is 19.3 Å². The van der Waals surface area contributed by atoms with Gasteiger partial charge in [0.2, 0.25) is 0 Å². The molecule has 2 aromatic carbocycles. The number of hydrogen-bond acceptors (Lipinski definition) is 9. The Hall–Kier alpha value is -4.19. The average Bonchev–Trinajstić information content (AvgIpc) is 3.46. The maximum Gasteiger partial charge on any atom is 1.00 e. The van der Waals surface area contributed by atoms with E-state index < -0.39 is 11.6 Å². The Kier molecular flexibility index (Phi) is 9.85. The fourth-order valence-corrected chi connectivity index (χ4v) is 6.03. The van der Waals surface area contributed by atoms with Crippen molar-refractivity contribution in [2.45, 2.75) is 38.7 Å². The predicted octanol–water partition coefficient (Wildman–Crippen LogP) is 0.954. The quantitative estimate of drug-likeness (QED) is 0.260. The molecule has 2 aliphatic heterocycles. The SMILES string of the molecule is CCOc1cc(C(=O)N2CCC3(CC2)CC(=O)c2cc(-c4cc(C(=O)[O-])ccn4)ccc2O3)cc(OCC)c1-c1cnn(C)c1.[Na+]. The Bertz CT molecular complexity index is 1770. The first-order valence-electron chi connectivity index (χ1n) is 15.0. The molecule has 1 spiro atoms. The van der Waals surface area contributed by atoms with Crippen LogP contribution in [0.25, 0.3) is 22.4 Å². The third-order valence-electron chi connectivity index (χ3n) is 8.25. The van der Waals surface area contributed by atoms with Gasteiger partial charge < -0.3 is 29.0 Å². The summed E-state index contributed by atoms with van der Waals surface area (Å²) in [4.78, 5) is 44.5. The summed E-state index contributed by atoms with van der Waals surface area (Å²) in [6, 6.07) is 11.5. The van der Waals surface area contributed by atoms with Crippen molar-refractivity contribution in [1.82, 2.24) is 19.7 Å². The molecule has 4 aromatic rings. The monoisotopic (exact) mass is 632 g/mol. The van der Waals surface area contributed by atoms with Gasteiger partial charge in [0, 0.05) is 67.6 Å². The van der Waals surface area contributed by atoms with Crippen LogP contribution < -0.4 is 48.9 Å². The molecule has 1 fully saturated rings. The van der Waals surface area contributed by atoms with Crippen molar-refractivity contribution in [1.29, 1.82) is 0 Å². The molecule has 0 unspecified atom stereocenters. The normalized spacial score (nSPS) is 15.0. The van der Waals surface area contributed by atoms with Crippen LogP contribution >= 0.6 is 0 Å². The first kappa shape index (κ1) is 33.2. The van der Waals surface area contributed by atoms with E-state index in [1.54, 1.807) is 46.1 Å². The number of aromatic carboxylic acids is 1. The number of carboxylic acid groups (broad SMARTS) is 1. The van der Waals surface area contributed by atoms with Crippen LogP contribution in [-0.2, 0) is 7.05 Å². The van der Waals surface area contributed by atoms with Crippen molar-refractivity contribution < 1.29 is 63.3 Å². The zero-order valence-electron chi connectivity index (χ0n) is 26.4. The van der Waals surface area contributed by atoms with Crippen molar-refractivity contribution in [2.24, 2.45) is 7.05 Å². The molecule has 2 aliphatic rings. The van der Waals surface area contributed by atoms with Gasteiger partial charge in [-0.2, -0.15) is 5.10 Å². The molecule has 2 aromatic heterocycles. The molecule has 232 valence electrons. The number of aromatic nitrogens is 3. The fraction of sp³-hybridized carbons (Fsp3) is 0.324. The smallest absolute Gasteiger partial charge is 0.545 e. The molecule has 0 aliphatic carbocycles. The Morgan fingerprint density at radius 2 is 1.67 bits per heavy atom. The summed E-state index contributed by atoms with van der Waals surface area (Å²) < 4.78 is 20.1. The second-order valence-corrected chi connectivity index (χ2v) is 11.2. The first-order chi connectivity index (χ1) is 21.7. The molecule has 11 nitrogen and oxygen atoms in total. The Labute approximate surface area is 288 Å². The minimum atomic E-state index is -1.30. The van der Waals surface area contributed by atoms with Crippen LogP contribution in [0.4, 0.5) is 0 Å². The van der Waals surface area contributed by atoms with E-state index in [0.717, 1.165) is 11.1 Å². The molecule has 0 atom stereocenters. The van der Waals surface area contributed by atoms with Crippen molar-refractivity contribution in [3.63, 3.8) is 0 Å². The Morgan fingerprint density at radius 1 is 0.978 bits per heavy atom. The number of ketones is 1. The van der Waals surface area contributed by atoms with E-state index in [1.807, 2.05) is 27.1 Å². The van der Waals surface area contributed by atoms with Crippen LogP contribution in [0.3, 0.4) is 0 Å². The molecule has 0 N–H and O–H groups in total. The van der Waals surface area contributed by atoms with Gasteiger partial charge in [-0.15, -0.1) is 0 Å². The first-order valence-corrected chi connectivity index (χ1v) is 15.0. The summed E-state index contributed by atoms with van der Waals surface area (Å²) in [7, 11) is 1.84. The molecule has 12 heteroatoms. The van der Waals surface area contributed by atoms with E-state index in [0.29, 0.717) is 78.8 Å². The minimum Gasteiger partial charge on any atom is -0.545 e. The largest absolute Gasteiger partial charge is 1.00 e. The summed E-state index contributed by atoms with van der Waals surface area (Å²) >= 11 is 0. The van der Waals surface area contributed by atoms with E-state index in [9.17, 15) is 19.5 Å². The fourth-order valence-electron chi connectivity index (χ4n) is 6.03. The van der Waals surface area contributed by atoms with Crippen molar-refractivity contribution in [3.8, 4) is 39.6 Å². The van der Waals surface area contributed by atoms with Crippen LogP contribution in [0.15, 0.2) is 61.1 Å². The maximum atomic E-state index is 13.8. The number of pyridine rings is 1. The van der Waals surface area contributed by atoms with Gasteiger partial charge >= 0.3 is 29.6 Å². The number of amides is 1. The predicted molar refractivity (Wildman–Crippen MR) is 162 cm³/mol. The van der Waals surface area contributed by atoms with Crippen molar-refractivity contribution in [2.75, 3.05) is 26.3 Å². The third-order valence-corrected chi connectivity index (χ3v) is 8.25. The summed E-state index contributed by atoms with van der Waals surface area (Å²) in [5.41, 5.74) is 2.79. The van der Waals surface area contributed by atoms with E-state index in [-0.39, 0.29) is 53.2 Å². The number of nitrogens with zero attached hydrogens (tertiary/aromatic N) is 4. The number of aryl methyl sites for hydroxylation is 1. The average molecular weight is 633 g/mol. The van der Waals surface area contributed by atoms with Crippen molar-refractivity contribution >= 4 is 17.7 Å². The number of piperidine rings is 1. The van der Waals surface area contributed by atoms with E-state index in [1.165, 1.54) is 18.3 Å². The number of carbonyl (C=O) groups is 3. The number of benzene rings is 2. The molecule has 46 heavy (non-hydrogen) atoms. The number of carbonyl (C=O) groups excluding carboxylic acids is 3. The number of ether oxygens (including phenoxy) is 3. The summed E-state index contributed by atoms with van der Waals surface area (Å²) in [6.45, 7) is 5.44. The summed E-state index contributed by atoms with van der Waals surface area (Å²) in [6.07, 6.45) is 6.17. The van der Waals surface area contributed by atoms with Gasteiger partial charge in [0.05, 0.1) is 48.6 Å². The molecule has 1 saturated heterocycles. The second-order valence-electron chi connectivity index (χ2n) is 11.2. The maximum absolute atomic E-state index is 13.8. The molecular weight excluding hydrogens is 599 g/mol. The zero-order valence-corrected chi connectivity index (χ0v) is 28.4. The number of Topliss-reactive ketones (excluding diaryl/α,β-unsaturated/α-hetero) is 1. The van der Waals surface area contributed by atoms with Crippen LogP contribution in [0.5, 0.6) is 17.2 Å².